The first-order valence-electron chi connectivity index (χ1n) is 11.3. The van der Waals surface area contributed by atoms with E-state index in [9.17, 15) is 4.79 Å². The maximum Gasteiger partial charge on any atom is 0.256 e. The van der Waals surface area contributed by atoms with E-state index in [0.717, 1.165) is 54.3 Å². The molecule has 0 atom stereocenters. The number of ether oxygens (including phenoxy) is 1. The zero-order valence-electron chi connectivity index (χ0n) is 18.9. The highest BCUT2D eigenvalue weighted by atomic mass is 16.5. The van der Waals surface area contributed by atoms with Gasteiger partial charge >= 0.3 is 0 Å². The van der Waals surface area contributed by atoms with Crippen LogP contribution >= 0.6 is 0 Å². The van der Waals surface area contributed by atoms with E-state index in [4.69, 9.17) is 9.72 Å². The Morgan fingerprint density at radius 3 is 2.45 bits per heavy atom. The van der Waals surface area contributed by atoms with Gasteiger partial charge in [0.1, 0.15) is 0 Å². The van der Waals surface area contributed by atoms with Gasteiger partial charge < -0.3 is 15.0 Å². The van der Waals surface area contributed by atoms with E-state index < -0.39 is 0 Å². The topological polar surface area (TPSA) is 72.3 Å². The first-order chi connectivity index (χ1) is 16.1. The van der Waals surface area contributed by atoms with Crippen LogP contribution in [-0.4, -0.2) is 47.0 Å². The lowest BCUT2D eigenvalue weighted by atomic mass is 10.1. The molecule has 168 valence electrons. The van der Waals surface area contributed by atoms with Crippen molar-refractivity contribution < 1.29 is 9.53 Å². The van der Waals surface area contributed by atoms with Gasteiger partial charge in [-0.25, -0.2) is 9.67 Å². The zero-order valence-corrected chi connectivity index (χ0v) is 18.9. The summed E-state index contributed by atoms with van der Waals surface area (Å²) in [5, 5.41) is 8.29. The first-order valence-corrected chi connectivity index (χ1v) is 11.3. The van der Waals surface area contributed by atoms with Crippen LogP contribution in [-0.2, 0) is 4.74 Å². The van der Waals surface area contributed by atoms with Gasteiger partial charge in [-0.2, -0.15) is 5.10 Å². The molecule has 0 spiro atoms. The molecule has 1 aliphatic rings. The van der Waals surface area contributed by atoms with Crippen LogP contribution in [0.4, 0.5) is 11.4 Å². The highest BCUT2D eigenvalue weighted by Gasteiger charge is 2.19. The number of morpholine rings is 1. The largest absolute Gasteiger partial charge is 0.378 e. The van der Waals surface area contributed by atoms with Gasteiger partial charge in [0.15, 0.2) is 5.65 Å². The summed E-state index contributed by atoms with van der Waals surface area (Å²) in [7, 11) is 0. The SMILES string of the molecule is CC(C)n1ncc2c(C(=O)Nc3ccc(N4CCOCC4)cc3)cc(-c3ccccc3)nc21. The summed E-state index contributed by atoms with van der Waals surface area (Å²) in [6.07, 6.45) is 1.73. The highest BCUT2D eigenvalue weighted by molar-refractivity contribution is 6.12. The van der Waals surface area contributed by atoms with Crippen molar-refractivity contribution in [3.8, 4) is 11.3 Å². The van der Waals surface area contributed by atoms with Crippen molar-refractivity contribution in [1.82, 2.24) is 14.8 Å². The summed E-state index contributed by atoms with van der Waals surface area (Å²) >= 11 is 0. The molecule has 4 aromatic rings. The maximum absolute atomic E-state index is 13.4. The summed E-state index contributed by atoms with van der Waals surface area (Å²) in [4.78, 5) is 20.5. The van der Waals surface area contributed by atoms with Gasteiger partial charge in [0.25, 0.3) is 5.91 Å². The van der Waals surface area contributed by atoms with Crippen LogP contribution in [0.15, 0.2) is 66.9 Å². The second-order valence-electron chi connectivity index (χ2n) is 8.44. The number of aromatic nitrogens is 3. The second kappa shape index (κ2) is 9.03. The van der Waals surface area contributed by atoms with Gasteiger partial charge in [0, 0.05) is 36.1 Å². The summed E-state index contributed by atoms with van der Waals surface area (Å²) in [5.41, 5.74) is 4.85. The number of carbonyl (C=O) groups excluding carboxylic acids is 1. The van der Waals surface area contributed by atoms with Crippen LogP contribution in [0.25, 0.3) is 22.3 Å². The summed E-state index contributed by atoms with van der Waals surface area (Å²) < 4.78 is 7.29. The average molecular weight is 442 g/mol. The molecule has 3 heterocycles. The van der Waals surface area contributed by atoms with Crippen molar-refractivity contribution in [1.29, 1.82) is 0 Å². The lowest BCUT2D eigenvalue weighted by molar-refractivity contribution is 0.102. The highest BCUT2D eigenvalue weighted by Crippen LogP contribution is 2.27. The molecule has 0 bridgehead atoms. The molecule has 1 N–H and O–H groups in total. The van der Waals surface area contributed by atoms with Crippen molar-refractivity contribution in [3.05, 3.63) is 72.4 Å². The predicted octanol–water partition coefficient (Wildman–Crippen LogP) is 4.77. The number of benzene rings is 2. The summed E-state index contributed by atoms with van der Waals surface area (Å²) in [6.45, 7) is 7.35. The Hall–Kier alpha value is -3.71. The third kappa shape index (κ3) is 4.32. The number of rotatable bonds is 5. The van der Waals surface area contributed by atoms with Crippen LogP contribution in [0.2, 0.25) is 0 Å². The molecule has 0 radical (unpaired) electrons. The number of hydrogen-bond donors (Lipinski definition) is 1. The number of pyridine rings is 1. The molecular formula is C26H27N5O2. The van der Waals surface area contributed by atoms with E-state index >= 15 is 0 Å². The Labute approximate surface area is 193 Å². The van der Waals surface area contributed by atoms with Crippen molar-refractivity contribution in [3.63, 3.8) is 0 Å². The van der Waals surface area contributed by atoms with Crippen LogP contribution in [0.3, 0.4) is 0 Å². The van der Waals surface area contributed by atoms with E-state index in [1.807, 2.05) is 65.3 Å². The molecule has 1 amide bonds. The van der Waals surface area contributed by atoms with Gasteiger partial charge in [-0.05, 0) is 44.2 Å². The van der Waals surface area contributed by atoms with E-state index in [1.165, 1.54) is 0 Å². The molecule has 7 nitrogen and oxygen atoms in total. The van der Waals surface area contributed by atoms with Crippen molar-refractivity contribution in [2.45, 2.75) is 19.9 Å². The third-order valence-electron chi connectivity index (χ3n) is 5.87. The fourth-order valence-corrected chi connectivity index (χ4v) is 4.12. The Kier molecular flexibility index (Phi) is 5.79. The summed E-state index contributed by atoms with van der Waals surface area (Å²) in [6, 6.07) is 19.8. The van der Waals surface area contributed by atoms with E-state index in [1.54, 1.807) is 6.20 Å². The van der Waals surface area contributed by atoms with Crippen LogP contribution in [0, 0.1) is 0 Å². The molecule has 7 heteroatoms. The van der Waals surface area contributed by atoms with Crippen molar-refractivity contribution in [2.75, 3.05) is 36.5 Å². The van der Waals surface area contributed by atoms with Gasteiger partial charge in [0.05, 0.1) is 36.1 Å². The minimum atomic E-state index is -0.179. The van der Waals surface area contributed by atoms with Crippen LogP contribution in [0.1, 0.15) is 30.2 Å². The standard InChI is InChI=1S/C26H27N5O2/c1-18(2)31-25-23(17-27-31)22(16-24(29-25)19-6-4-3-5-7-19)26(32)28-20-8-10-21(11-9-20)30-12-14-33-15-13-30/h3-11,16-18H,12-15H2,1-2H3,(H,28,32). The Bertz CT molecular complexity index is 1260. The average Bonchev–Trinajstić information content (AvgIpc) is 3.29. The zero-order chi connectivity index (χ0) is 22.8. The Morgan fingerprint density at radius 2 is 1.76 bits per heavy atom. The molecular weight excluding hydrogens is 414 g/mol. The van der Waals surface area contributed by atoms with E-state index in [0.29, 0.717) is 11.2 Å². The quantitative estimate of drug-likeness (QED) is 0.483. The fraction of sp³-hybridized carbons (Fsp3) is 0.269. The summed E-state index contributed by atoms with van der Waals surface area (Å²) in [5.74, 6) is -0.179. The number of nitrogens with one attached hydrogen (secondary N) is 1. The monoisotopic (exact) mass is 441 g/mol. The van der Waals surface area contributed by atoms with Crippen molar-refractivity contribution in [2.24, 2.45) is 0 Å². The molecule has 2 aromatic heterocycles. The van der Waals surface area contributed by atoms with Crippen molar-refractivity contribution >= 4 is 28.3 Å². The molecule has 33 heavy (non-hydrogen) atoms. The smallest absolute Gasteiger partial charge is 0.256 e. The van der Waals surface area contributed by atoms with Gasteiger partial charge in [0.2, 0.25) is 0 Å². The molecule has 0 unspecified atom stereocenters. The Balaban J connectivity index is 1.47. The fourth-order valence-electron chi connectivity index (χ4n) is 4.12. The second-order valence-corrected chi connectivity index (χ2v) is 8.44. The molecule has 2 aromatic carbocycles. The Morgan fingerprint density at radius 1 is 1.03 bits per heavy atom. The van der Waals surface area contributed by atoms with Gasteiger partial charge in [-0.3, -0.25) is 4.79 Å². The maximum atomic E-state index is 13.4. The molecule has 1 saturated heterocycles. The lowest BCUT2D eigenvalue weighted by Gasteiger charge is -2.28. The number of carbonyl (C=O) groups is 1. The predicted molar refractivity (Wildman–Crippen MR) is 131 cm³/mol. The number of hydrogen-bond acceptors (Lipinski definition) is 5. The van der Waals surface area contributed by atoms with Crippen LogP contribution in [0.5, 0.6) is 0 Å². The van der Waals surface area contributed by atoms with Crippen LogP contribution < -0.4 is 10.2 Å². The minimum absolute atomic E-state index is 0.129. The minimum Gasteiger partial charge on any atom is -0.378 e. The van der Waals surface area contributed by atoms with E-state index in [-0.39, 0.29) is 11.9 Å². The molecule has 1 fully saturated rings. The lowest BCUT2D eigenvalue weighted by Crippen LogP contribution is -2.36. The molecule has 5 rings (SSSR count). The number of anilines is 2. The normalized spacial score (nSPS) is 14.1. The van der Waals surface area contributed by atoms with Gasteiger partial charge in [-0.15, -0.1) is 0 Å². The first kappa shape index (κ1) is 21.2. The number of nitrogens with zero attached hydrogens (tertiary/aromatic N) is 4. The number of amides is 1. The molecule has 0 saturated carbocycles. The third-order valence-corrected chi connectivity index (χ3v) is 5.87. The molecule has 1 aliphatic heterocycles. The van der Waals surface area contributed by atoms with E-state index in [2.05, 4.69) is 29.2 Å². The molecule has 0 aliphatic carbocycles. The number of fused-ring (bicyclic) bond motifs is 1. The van der Waals surface area contributed by atoms with Gasteiger partial charge in [-0.1, -0.05) is 30.3 Å².